The van der Waals surface area contributed by atoms with Gasteiger partial charge in [0.25, 0.3) is 0 Å². The molecule has 2 rings (SSSR count). The van der Waals surface area contributed by atoms with Crippen LogP contribution in [-0.2, 0) is 17.5 Å². The zero-order valence-corrected chi connectivity index (χ0v) is 12.2. The molecule has 1 aliphatic carbocycles. The van der Waals surface area contributed by atoms with E-state index in [9.17, 15) is 13.2 Å². The predicted molar refractivity (Wildman–Crippen MR) is 75.7 cm³/mol. The number of benzene rings is 1. The third-order valence-corrected chi connectivity index (χ3v) is 4.25. The lowest BCUT2D eigenvalue weighted by Crippen LogP contribution is -2.44. The molecular formula is C16H22F3NO. The average Bonchev–Trinajstić information content (AvgIpc) is 2.45. The summed E-state index contributed by atoms with van der Waals surface area (Å²) < 4.78 is 43.5. The van der Waals surface area contributed by atoms with Gasteiger partial charge in [-0.2, -0.15) is 13.2 Å². The van der Waals surface area contributed by atoms with Crippen LogP contribution in [-0.4, -0.2) is 12.1 Å². The summed E-state index contributed by atoms with van der Waals surface area (Å²) in [6.07, 6.45) is -0.175. The van der Waals surface area contributed by atoms with Crippen LogP contribution in [0.15, 0.2) is 24.3 Å². The van der Waals surface area contributed by atoms with E-state index < -0.39 is 11.7 Å². The third-order valence-electron chi connectivity index (χ3n) is 4.25. The Morgan fingerprint density at radius 2 is 1.95 bits per heavy atom. The Hall–Kier alpha value is -1.07. The monoisotopic (exact) mass is 301 g/mol. The lowest BCUT2D eigenvalue weighted by molar-refractivity contribution is -0.137. The smallest absolute Gasteiger partial charge is 0.369 e. The molecule has 0 aliphatic heterocycles. The first-order valence-electron chi connectivity index (χ1n) is 7.35. The van der Waals surface area contributed by atoms with Gasteiger partial charge in [-0.3, -0.25) is 0 Å². The van der Waals surface area contributed by atoms with Gasteiger partial charge in [0, 0.05) is 6.54 Å². The van der Waals surface area contributed by atoms with E-state index in [0.717, 1.165) is 37.0 Å². The van der Waals surface area contributed by atoms with Gasteiger partial charge >= 0.3 is 6.18 Å². The molecule has 2 atom stereocenters. The summed E-state index contributed by atoms with van der Waals surface area (Å²) in [6.45, 7) is 2.95. The van der Waals surface area contributed by atoms with E-state index in [0.29, 0.717) is 19.1 Å². The molecule has 1 aromatic rings. The van der Waals surface area contributed by atoms with E-state index in [4.69, 9.17) is 10.5 Å². The van der Waals surface area contributed by atoms with E-state index in [2.05, 4.69) is 6.92 Å². The van der Waals surface area contributed by atoms with Crippen molar-refractivity contribution < 1.29 is 17.9 Å². The second-order valence-electron chi connectivity index (χ2n) is 6.07. The number of hydrogen-bond donors (Lipinski definition) is 1. The van der Waals surface area contributed by atoms with E-state index in [-0.39, 0.29) is 5.60 Å². The van der Waals surface area contributed by atoms with Crippen molar-refractivity contribution in [2.75, 3.05) is 6.54 Å². The van der Waals surface area contributed by atoms with Crippen LogP contribution < -0.4 is 5.73 Å². The van der Waals surface area contributed by atoms with Crippen molar-refractivity contribution in [3.05, 3.63) is 35.4 Å². The standard InChI is InChI=1S/C16H22F3NO/c1-12-3-2-8-15(9-12,11-20)21-10-13-4-6-14(7-5-13)16(17,18)19/h4-7,12H,2-3,8-11,20H2,1H3. The maximum atomic E-state index is 12.5. The SMILES string of the molecule is CC1CCCC(CN)(OCc2ccc(C(F)(F)F)cc2)C1. The highest BCUT2D eigenvalue weighted by atomic mass is 19.4. The summed E-state index contributed by atoms with van der Waals surface area (Å²) in [4.78, 5) is 0. The topological polar surface area (TPSA) is 35.2 Å². The molecule has 2 N–H and O–H groups in total. The molecule has 1 aromatic carbocycles. The van der Waals surface area contributed by atoms with Gasteiger partial charge < -0.3 is 10.5 Å². The quantitative estimate of drug-likeness (QED) is 0.907. The Bertz CT molecular complexity index is 458. The molecule has 0 heterocycles. The molecule has 1 aliphatic rings. The van der Waals surface area contributed by atoms with Crippen molar-refractivity contribution in [1.82, 2.24) is 0 Å². The van der Waals surface area contributed by atoms with Crippen LogP contribution in [0, 0.1) is 5.92 Å². The Morgan fingerprint density at radius 3 is 2.48 bits per heavy atom. The van der Waals surface area contributed by atoms with Crippen molar-refractivity contribution >= 4 is 0 Å². The number of nitrogens with two attached hydrogens (primary N) is 1. The van der Waals surface area contributed by atoms with Crippen molar-refractivity contribution in [2.24, 2.45) is 11.7 Å². The summed E-state index contributed by atoms with van der Waals surface area (Å²) in [5.74, 6) is 0.579. The molecule has 2 unspecified atom stereocenters. The van der Waals surface area contributed by atoms with Gasteiger partial charge in [-0.15, -0.1) is 0 Å². The van der Waals surface area contributed by atoms with Gasteiger partial charge in [0.1, 0.15) is 0 Å². The van der Waals surface area contributed by atoms with Crippen LogP contribution in [0.4, 0.5) is 13.2 Å². The molecule has 2 nitrogen and oxygen atoms in total. The van der Waals surface area contributed by atoms with Crippen LogP contribution in [0.25, 0.3) is 0 Å². The lowest BCUT2D eigenvalue weighted by atomic mass is 9.79. The second-order valence-corrected chi connectivity index (χ2v) is 6.07. The molecule has 0 saturated heterocycles. The second kappa shape index (κ2) is 6.36. The number of hydrogen-bond acceptors (Lipinski definition) is 2. The van der Waals surface area contributed by atoms with Crippen molar-refractivity contribution in [1.29, 1.82) is 0 Å². The molecule has 1 fully saturated rings. The molecule has 21 heavy (non-hydrogen) atoms. The molecule has 0 aromatic heterocycles. The van der Waals surface area contributed by atoms with Crippen molar-refractivity contribution in [3.63, 3.8) is 0 Å². The third kappa shape index (κ3) is 4.20. The molecular weight excluding hydrogens is 279 g/mol. The van der Waals surface area contributed by atoms with Crippen LogP contribution >= 0.6 is 0 Å². The van der Waals surface area contributed by atoms with Gasteiger partial charge in [-0.25, -0.2) is 0 Å². The molecule has 0 bridgehead atoms. The fraction of sp³-hybridized carbons (Fsp3) is 0.625. The maximum absolute atomic E-state index is 12.5. The highest BCUT2D eigenvalue weighted by Crippen LogP contribution is 2.35. The Labute approximate surface area is 123 Å². The molecule has 0 radical (unpaired) electrons. The predicted octanol–water partition coefficient (Wildman–Crippen LogP) is 4.13. The molecule has 1 saturated carbocycles. The number of halogens is 3. The van der Waals surface area contributed by atoms with Crippen molar-refractivity contribution in [3.8, 4) is 0 Å². The summed E-state index contributed by atoms with van der Waals surface area (Å²) in [5, 5.41) is 0. The van der Waals surface area contributed by atoms with E-state index in [1.165, 1.54) is 18.6 Å². The number of ether oxygens (including phenoxy) is 1. The average molecular weight is 301 g/mol. The van der Waals surface area contributed by atoms with Gasteiger partial charge in [0.15, 0.2) is 0 Å². The van der Waals surface area contributed by atoms with Gasteiger partial charge in [-0.1, -0.05) is 31.9 Å². The highest BCUT2D eigenvalue weighted by Gasteiger charge is 2.35. The van der Waals surface area contributed by atoms with Gasteiger partial charge in [-0.05, 0) is 36.5 Å². The summed E-state index contributed by atoms with van der Waals surface area (Å²) in [6, 6.07) is 5.13. The van der Waals surface area contributed by atoms with Crippen LogP contribution in [0.5, 0.6) is 0 Å². The Kier molecular flexibility index (Phi) is 4.94. The van der Waals surface area contributed by atoms with Crippen LogP contribution in [0.1, 0.15) is 43.7 Å². The summed E-state index contributed by atoms with van der Waals surface area (Å²) in [5.41, 5.74) is 5.66. The number of alkyl halides is 3. The van der Waals surface area contributed by atoms with Gasteiger partial charge in [0.2, 0.25) is 0 Å². The Morgan fingerprint density at radius 1 is 1.29 bits per heavy atom. The minimum atomic E-state index is -4.29. The molecule has 0 amide bonds. The first kappa shape index (κ1) is 16.3. The largest absolute Gasteiger partial charge is 0.416 e. The fourth-order valence-electron chi connectivity index (χ4n) is 3.01. The molecule has 0 spiro atoms. The van der Waals surface area contributed by atoms with Crippen LogP contribution in [0.2, 0.25) is 0 Å². The molecule has 118 valence electrons. The van der Waals surface area contributed by atoms with Crippen molar-refractivity contribution in [2.45, 2.75) is 51.0 Å². The molecule has 5 heteroatoms. The van der Waals surface area contributed by atoms with E-state index >= 15 is 0 Å². The minimum absolute atomic E-state index is 0.308. The number of rotatable bonds is 4. The first-order valence-corrected chi connectivity index (χ1v) is 7.35. The zero-order chi connectivity index (χ0) is 15.5. The van der Waals surface area contributed by atoms with Gasteiger partial charge in [0.05, 0.1) is 17.8 Å². The summed E-state index contributed by atoms with van der Waals surface area (Å²) in [7, 11) is 0. The van der Waals surface area contributed by atoms with Crippen LogP contribution in [0.3, 0.4) is 0 Å². The zero-order valence-electron chi connectivity index (χ0n) is 12.2. The summed E-state index contributed by atoms with van der Waals surface area (Å²) >= 11 is 0. The first-order chi connectivity index (χ1) is 9.85. The lowest BCUT2D eigenvalue weighted by Gasteiger charge is -2.39. The normalized spacial score (nSPS) is 26.8. The minimum Gasteiger partial charge on any atom is -0.369 e. The fourth-order valence-corrected chi connectivity index (χ4v) is 3.01. The maximum Gasteiger partial charge on any atom is 0.416 e. The Balaban J connectivity index is 1.98. The van der Waals surface area contributed by atoms with E-state index in [1.54, 1.807) is 0 Å². The van der Waals surface area contributed by atoms with E-state index in [1.807, 2.05) is 0 Å². The highest BCUT2D eigenvalue weighted by molar-refractivity contribution is 5.24.